The number of quaternary nitrogens is 1. The minimum atomic E-state index is -0.219. The number of piperazine rings is 1. The average Bonchev–Trinajstić information content (AvgIpc) is 2.72. The van der Waals surface area contributed by atoms with Crippen molar-refractivity contribution in [2.75, 3.05) is 38.2 Å². The van der Waals surface area contributed by atoms with Gasteiger partial charge in [0, 0.05) is 17.8 Å². The van der Waals surface area contributed by atoms with Crippen molar-refractivity contribution < 1.29 is 18.8 Å². The highest BCUT2D eigenvalue weighted by atomic mass is 19.1. The molecule has 1 amide bonds. The van der Waals surface area contributed by atoms with E-state index in [2.05, 4.69) is 10.2 Å². The van der Waals surface area contributed by atoms with Crippen LogP contribution in [0.1, 0.15) is 12.5 Å². The Balaban J connectivity index is 1.50. The number of carbonyl (C=O) groups is 1. The molecule has 2 aromatic rings. The zero-order chi connectivity index (χ0) is 19.2. The van der Waals surface area contributed by atoms with Crippen LogP contribution in [-0.4, -0.2) is 45.2 Å². The number of nitrogens with zero attached hydrogens (tertiary/aromatic N) is 1. The van der Waals surface area contributed by atoms with Gasteiger partial charge in [0.1, 0.15) is 11.6 Å². The fourth-order valence-electron chi connectivity index (χ4n) is 3.51. The molecule has 0 spiro atoms. The SMILES string of the molecule is COc1ccccc1CNC(=O)[C@@H](C)[NH+]1CCN(c2ccc(F)cc2)CC1. The van der Waals surface area contributed by atoms with E-state index in [1.807, 2.05) is 43.3 Å². The number of amides is 1. The molecule has 0 unspecified atom stereocenters. The molecule has 2 aromatic carbocycles. The summed E-state index contributed by atoms with van der Waals surface area (Å²) in [6.45, 7) is 5.89. The lowest BCUT2D eigenvalue weighted by molar-refractivity contribution is -0.914. The van der Waals surface area contributed by atoms with Crippen molar-refractivity contribution in [2.24, 2.45) is 0 Å². The molecule has 2 N–H and O–H groups in total. The van der Waals surface area contributed by atoms with Crippen LogP contribution in [0.2, 0.25) is 0 Å². The van der Waals surface area contributed by atoms with Gasteiger partial charge in [-0.2, -0.15) is 0 Å². The lowest BCUT2D eigenvalue weighted by Gasteiger charge is -2.36. The third kappa shape index (κ3) is 4.77. The minimum Gasteiger partial charge on any atom is -0.496 e. The van der Waals surface area contributed by atoms with Crippen LogP contribution in [0.3, 0.4) is 0 Å². The Morgan fingerprint density at radius 2 is 1.85 bits per heavy atom. The quantitative estimate of drug-likeness (QED) is 0.802. The van der Waals surface area contributed by atoms with E-state index in [-0.39, 0.29) is 17.8 Å². The van der Waals surface area contributed by atoms with Gasteiger partial charge in [0.2, 0.25) is 0 Å². The van der Waals surface area contributed by atoms with Crippen molar-refractivity contribution in [3.63, 3.8) is 0 Å². The van der Waals surface area contributed by atoms with E-state index >= 15 is 0 Å². The summed E-state index contributed by atoms with van der Waals surface area (Å²) in [5, 5.41) is 3.02. The van der Waals surface area contributed by atoms with Crippen molar-refractivity contribution in [2.45, 2.75) is 19.5 Å². The maximum Gasteiger partial charge on any atom is 0.278 e. The van der Waals surface area contributed by atoms with Gasteiger partial charge in [0.25, 0.3) is 5.91 Å². The van der Waals surface area contributed by atoms with Crippen molar-refractivity contribution in [3.05, 3.63) is 59.9 Å². The Labute approximate surface area is 159 Å². The molecule has 3 rings (SSSR count). The predicted molar refractivity (Wildman–Crippen MR) is 104 cm³/mol. The summed E-state index contributed by atoms with van der Waals surface area (Å²) in [4.78, 5) is 16.1. The molecule has 0 bridgehead atoms. The molecule has 0 aliphatic carbocycles. The van der Waals surface area contributed by atoms with Gasteiger partial charge in [0.15, 0.2) is 6.04 Å². The van der Waals surface area contributed by atoms with E-state index in [4.69, 9.17) is 4.74 Å². The van der Waals surface area contributed by atoms with Gasteiger partial charge in [-0.1, -0.05) is 18.2 Å². The molecule has 1 atom stereocenters. The van der Waals surface area contributed by atoms with E-state index in [1.54, 1.807) is 7.11 Å². The van der Waals surface area contributed by atoms with E-state index in [1.165, 1.54) is 17.0 Å². The summed E-state index contributed by atoms with van der Waals surface area (Å²) < 4.78 is 18.4. The molecule has 27 heavy (non-hydrogen) atoms. The fraction of sp³-hybridized carbons (Fsp3) is 0.381. The van der Waals surface area contributed by atoms with Gasteiger partial charge in [-0.05, 0) is 37.3 Å². The smallest absolute Gasteiger partial charge is 0.278 e. The summed E-state index contributed by atoms with van der Waals surface area (Å²) in [6.07, 6.45) is 0. The molecular weight excluding hydrogens is 345 g/mol. The topological polar surface area (TPSA) is 46.0 Å². The van der Waals surface area contributed by atoms with E-state index in [0.29, 0.717) is 6.54 Å². The standard InChI is InChI=1S/C21H26FN3O2/c1-16(21(26)23-15-17-5-3-4-6-20(17)27-2)24-11-13-25(14-12-24)19-9-7-18(22)8-10-19/h3-10,16H,11-15H2,1-2H3,(H,23,26)/p+1/t16-/m1/s1. The number of rotatable bonds is 6. The first-order valence-electron chi connectivity index (χ1n) is 9.33. The van der Waals surface area contributed by atoms with Gasteiger partial charge >= 0.3 is 0 Å². The maximum atomic E-state index is 13.1. The normalized spacial score (nSPS) is 16.0. The summed E-state index contributed by atoms with van der Waals surface area (Å²) in [5.41, 5.74) is 2.00. The Morgan fingerprint density at radius 1 is 1.19 bits per heavy atom. The zero-order valence-corrected chi connectivity index (χ0v) is 15.9. The second-order valence-corrected chi connectivity index (χ2v) is 6.87. The van der Waals surface area contributed by atoms with Gasteiger partial charge in [-0.15, -0.1) is 0 Å². The lowest BCUT2D eigenvalue weighted by atomic mass is 10.1. The van der Waals surface area contributed by atoms with E-state index in [0.717, 1.165) is 43.2 Å². The van der Waals surface area contributed by atoms with Crippen LogP contribution >= 0.6 is 0 Å². The third-order valence-electron chi connectivity index (χ3n) is 5.25. The first-order chi connectivity index (χ1) is 13.1. The van der Waals surface area contributed by atoms with Gasteiger partial charge < -0.3 is 19.9 Å². The number of anilines is 1. The van der Waals surface area contributed by atoms with E-state index in [9.17, 15) is 9.18 Å². The van der Waals surface area contributed by atoms with E-state index < -0.39 is 0 Å². The summed E-state index contributed by atoms with van der Waals surface area (Å²) in [7, 11) is 1.63. The zero-order valence-electron chi connectivity index (χ0n) is 15.9. The van der Waals surface area contributed by atoms with Gasteiger partial charge in [-0.3, -0.25) is 4.79 Å². The first-order valence-corrected chi connectivity index (χ1v) is 9.33. The molecule has 0 aromatic heterocycles. The van der Waals surface area contributed by atoms with Crippen molar-refractivity contribution in [1.29, 1.82) is 0 Å². The van der Waals surface area contributed by atoms with Gasteiger partial charge in [-0.25, -0.2) is 4.39 Å². The lowest BCUT2D eigenvalue weighted by Crippen LogP contribution is -3.19. The maximum absolute atomic E-state index is 13.1. The number of hydrogen-bond donors (Lipinski definition) is 2. The highest BCUT2D eigenvalue weighted by Gasteiger charge is 2.29. The number of nitrogens with one attached hydrogen (secondary N) is 2. The van der Waals surface area contributed by atoms with Crippen molar-refractivity contribution in [3.8, 4) is 5.75 Å². The molecule has 0 saturated carbocycles. The fourth-order valence-corrected chi connectivity index (χ4v) is 3.51. The number of benzene rings is 2. The number of hydrogen-bond acceptors (Lipinski definition) is 3. The van der Waals surface area contributed by atoms with Crippen LogP contribution in [0.5, 0.6) is 5.75 Å². The number of halogens is 1. The van der Waals surface area contributed by atoms with Crippen molar-refractivity contribution in [1.82, 2.24) is 5.32 Å². The van der Waals surface area contributed by atoms with Crippen LogP contribution in [0.15, 0.2) is 48.5 Å². The second-order valence-electron chi connectivity index (χ2n) is 6.87. The van der Waals surface area contributed by atoms with Crippen LogP contribution in [0.25, 0.3) is 0 Å². The Bertz CT molecular complexity index is 758. The molecular formula is C21H27FN3O2+. The number of methoxy groups -OCH3 is 1. The summed E-state index contributed by atoms with van der Waals surface area (Å²) in [6, 6.07) is 14.2. The summed E-state index contributed by atoms with van der Waals surface area (Å²) >= 11 is 0. The first kappa shape index (κ1) is 19.2. The van der Waals surface area contributed by atoms with Crippen LogP contribution in [0.4, 0.5) is 10.1 Å². The van der Waals surface area contributed by atoms with Gasteiger partial charge in [0.05, 0.1) is 33.3 Å². The monoisotopic (exact) mass is 372 g/mol. The molecule has 144 valence electrons. The molecule has 1 aliphatic rings. The number of ether oxygens (including phenoxy) is 1. The largest absolute Gasteiger partial charge is 0.496 e. The van der Waals surface area contributed by atoms with Crippen LogP contribution in [0, 0.1) is 5.82 Å². The third-order valence-corrected chi connectivity index (χ3v) is 5.25. The molecule has 0 radical (unpaired) electrons. The Morgan fingerprint density at radius 3 is 2.52 bits per heavy atom. The number of carbonyl (C=O) groups excluding carboxylic acids is 1. The molecule has 6 heteroatoms. The molecule has 1 fully saturated rings. The Hall–Kier alpha value is -2.60. The van der Waals surface area contributed by atoms with Crippen LogP contribution < -0.4 is 19.9 Å². The van der Waals surface area contributed by atoms with Crippen LogP contribution in [-0.2, 0) is 11.3 Å². The molecule has 1 aliphatic heterocycles. The minimum absolute atomic E-state index is 0.0474. The van der Waals surface area contributed by atoms with Crippen molar-refractivity contribution >= 4 is 11.6 Å². The molecule has 5 nitrogen and oxygen atoms in total. The highest BCUT2D eigenvalue weighted by Crippen LogP contribution is 2.17. The molecule has 1 saturated heterocycles. The average molecular weight is 372 g/mol. The number of para-hydroxylation sites is 1. The molecule has 1 heterocycles. The summed E-state index contributed by atoms with van der Waals surface area (Å²) in [5.74, 6) is 0.611. The predicted octanol–water partition coefficient (Wildman–Crippen LogP) is 1.24. The Kier molecular flexibility index (Phi) is 6.29. The second kappa shape index (κ2) is 8.86. The highest BCUT2D eigenvalue weighted by molar-refractivity contribution is 5.80.